The molecule has 1 amide bonds. The topological polar surface area (TPSA) is 111 Å². The maximum atomic E-state index is 13.3. The van der Waals surface area contributed by atoms with Crippen LogP contribution in [0.3, 0.4) is 0 Å². The van der Waals surface area contributed by atoms with Gasteiger partial charge in [0.05, 0.1) is 6.61 Å². The molecule has 8 nitrogen and oxygen atoms in total. The fourth-order valence-electron chi connectivity index (χ4n) is 5.51. The summed E-state index contributed by atoms with van der Waals surface area (Å²) in [4.78, 5) is 37.2. The van der Waals surface area contributed by atoms with Gasteiger partial charge in [0.1, 0.15) is 6.61 Å². The Kier molecular flexibility index (Phi) is 14.0. The lowest BCUT2D eigenvalue weighted by Crippen LogP contribution is -2.50. The number of unbranched alkanes of at least 4 members (excludes halogenated alkanes) is 4. The first-order valence-corrected chi connectivity index (χ1v) is 16.3. The van der Waals surface area contributed by atoms with Crippen molar-refractivity contribution in [3.63, 3.8) is 0 Å². The lowest BCUT2D eigenvalue weighted by atomic mass is 10.0. The van der Waals surface area contributed by atoms with Crippen LogP contribution >= 0.6 is 0 Å². The molecule has 2 atom stereocenters. The second kappa shape index (κ2) is 18.6. The van der Waals surface area contributed by atoms with Gasteiger partial charge in [-0.1, -0.05) is 97.8 Å². The van der Waals surface area contributed by atoms with E-state index in [1.54, 1.807) is 6.92 Å². The van der Waals surface area contributed by atoms with E-state index >= 15 is 0 Å². The van der Waals surface area contributed by atoms with E-state index in [0.29, 0.717) is 13.0 Å². The molecule has 4 rings (SSSR count). The second-order valence-corrected chi connectivity index (χ2v) is 11.4. The maximum Gasteiger partial charge on any atom is 0.338 e. The average Bonchev–Trinajstić information content (AvgIpc) is 3.06. The highest BCUT2D eigenvalue weighted by molar-refractivity contribution is 5.89. The van der Waals surface area contributed by atoms with Gasteiger partial charge in [-0.3, -0.25) is 4.79 Å². The molecule has 0 heterocycles. The third-order valence-electron chi connectivity index (χ3n) is 7.92. The number of esters is 1. The van der Waals surface area contributed by atoms with Crippen molar-refractivity contribution in [3.8, 4) is 0 Å². The highest BCUT2D eigenvalue weighted by Gasteiger charge is 2.37. The normalized spacial score (nSPS) is 12.5. The van der Waals surface area contributed by atoms with Gasteiger partial charge in [0, 0.05) is 13.2 Å². The number of rotatable bonds is 20. The fourth-order valence-corrected chi connectivity index (χ4v) is 5.51. The number of amides is 1. The van der Waals surface area contributed by atoms with Crippen LogP contribution in [0.4, 0.5) is 0 Å². The highest BCUT2D eigenvalue weighted by Crippen LogP contribution is 2.19. The van der Waals surface area contributed by atoms with Gasteiger partial charge in [-0.05, 0) is 78.1 Å². The standard InChI is InChI=1S/C38H45NO7/c1-2-44-38(43)36(46-27-34(40)41)35(45-24-12-4-6-14-29-20-22-31-16-8-10-18-33(31)26-29)37(42)39-23-11-3-5-13-28-19-21-30-15-7-9-17-32(30)25-28/h7-10,15-22,25-26,35-36H,2-6,11-14,23-24,27H2,1H3,(H,39,42)(H,40,41). The predicted octanol–water partition coefficient (Wildman–Crippen LogP) is 6.65. The van der Waals surface area contributed by atoms with E-state index in [9.17, 15) is 14.4 Å². The van der Waals surface area contributed by atoms with Crippen LogP contribution in [-0.2, 0) is 41.4 Å². The molecule has 46 heavy (non-hydrogen) atoms. The van der Waals surface area contributed by atoms with Crippen molar-refractivity contribution in [2.75, 3.05) is 26.4 Å². The van der Waals surface area contributed by atoms with Gasteiger partial charge in [0.25, 0.3) is 5.91 Å². The van der Waals surface area contributed by atoms with Crippen LogP contribution in [0.2, 0.25) is 0 Å². The Hall–Kier alpha value is -4.27. The van der Waals surface area contributed by atoms with Gasteiger partial charge >= 0.3 is 11.9 Å². The molecule has 0 bridgehead atoms. The number of fused-ring (bicyclic) bond motifs is 2. The fraction of sp³-hybridized carbons (Fsp3) is 0.395. The quantitative estimate of drug-likeness (QED) is 0.0834. The first kappa shape index (κ1) is 34.6. The summed E-state index contributed by atoms with van der Waals surface area (Å²) in [6.45, 7) is 1.56. The highest BCUT2D eigenvalue weighted by atomic mass is 16.6. The van der Waals surface area contributed by atoms with E-state index < -0.39 is 36.7 Å². The monoisotopic (exact) mass is 627 g/mol. The van der Waals surface area contributed by atoms with E-state index in [2.05, 4.69) is 66.0 Å². The van der Waals surface area contributed by atoms with Gasteiger partial charge in [0.2, 0.25) is 0 Å². The molecular weight excluding hydrogens is 582 g/mol. The van der Waals surface area contributed by atoms with E-state index in [0.717, 1.165) is 44.9 Å². The molecule has 0 aliphatic carbocycles. The number of nitrogens with one attached hydrogen (secondary N) is 1. The van der Waals surface area contributed by atoms with Gasteiger partial charge in [-0.2, -0.15) is 0 Å². The summed E-state index contributed by atoms with van der Waals surface area (Å²) in [5, 5.41) is 16.9. The number of benzene rings is 4. The van der Waals surface area contributed by atoms with Crippen LogP contribution in [0.15, 0.2) is 84.9 Å². The summed E-state index contributed by atoms with van der Waals surface area (Å²) in [6, 6.07) is 29.6. The molecule has 0 aliphatic rings. The van der Waals surface area contributed by atoms with Gasteiger partial charge < -0.3 is 24.6 Å². The largest absolute Gasteiger partial charge is 0.480 e. The van der Waals surface area contributed by atoms with Gasteiger partial charge in [0.15, 0.2) is 12.2 Å². The second-order valence-electron chi connectivity index (χ2n) is 11.4. The Morgan fingerprint density at radius 2 is 1.24 bits per heavy atom. The Bertz CT molecular complexity index is 1570. The minimum Gasteiger partial charge on any atom is -0.480 e. The predicted molar refractivity (Wildman–Crippen MR) is 180 cm³/mol. The minimum absolute atomic E-state index is 0.0616. The number of aryl methyl sites for hydroxylation is 2. The summed E-state index contributed by atoms with van der Waals surface area (Å²) >= 11 is 0. The number of carboxylic acid groups (broad SMARTS) is 1. The maximum absolute atomic E-state index is 13.3. The molecule has 0 fully saturated rings. The average molecular weight is 628 g/mol. The SMILES string of the molecule is CCOC(=O)C(OCC(=O)O)C(OCCCCCc1ccc2ccccc2c1)C(=O)NCCCCCc1ccc2ccccc2c1. The molecule has 8 heteroatoms. The van der Waals surface area contributed by atoms with Crippen LogP contribution < -0.4 is 5.32 Å². The van der Waals surface area contributed by atoms with Crippen molar-refractivity contribution in [1.82, 2.24) is 5.32 Å². The zero-order chi connectivity index (χ0) is 32.6. The van der Waals surface area contributed by atoms with E-state index in [1.165, 1.54) is 32.7 Å². The van der Waals surface area contributed by atoms with Crippen LogP contribution in [0.25, 0.3) is 21.5 Å². The van der Waals surface area contributed by atoms with Crippen molar-refractivity contribution >= 4 is 39.4 Å². The number of aliphatic carboxylic acids is 1. The molecular formula is C38H45NO7. The minimum atomic E-state index is -1.48. The zero-order valence-corrected chi connectivity index (χ0v) is 26.6. The van der Waals surface area contributed by atoms with Gasteiger partial charge in [-0.25, -0.2) is 9.59 Å². The molecule has 0 aromatic heterocycles. The van der Waals surface area contributed by atoms with E-state index in [-0.39, 0.29) is 13.2 Å². The smallest absolute Gasteiger partial charge is 0.338 e. The number of carboxylic acids is 1. The number of hydrogen-bond acceptors (Lipinski definition) is 6. The molecule has 2 N–H and O–H groups in total. The Balaban J connectivity index is 1.24. The summed E-state index contributed by atoms with van der Waals surface area (Å²) in [5.74, 6) is -2.60. The summed E-state index contributed by atoms with van der Waals surface area (Å²) in [6.07, 6.45) is 4.15. The molecule has 4 aromatic rings. The third kappa shape index (κ3) is 11.0. The summed E-state index contributed by atoms with van der Waals surface area (Å²) in [7, 11) is 0. The van der Waals surface area contributed by atoms with Crippen LogP contribution in [0, 0.1) is 0 Å². The molecule has 244 valence electrons. The van der Waals surface area contributed by atoms with Crippen molar-refractivity contribution in [2.24, 2.45) is 0 Å². The first-order valence-electron chi connectivity index (χ1n) is 16.3. The number of carbonyl (C=O) groups excluding carboxylic acids is 2. The van der Waals surface area contributed by atoms with Crippen LogP contribution in [-0.4, -0.2) is 61.5 Å². The van der Waals surface area contributed by atoms with Crippen molar-refractivity contribution in [3.05, 3.63) is 96.1 Å². The van der Waals surface area contributed by atoms with E-state index in [4.69, 9.17) is 19.3 Å². The Labute approximate surface area is 271 Å². The zero-order valence-electron chi connectivity index (χ0n) is 26.6. The first-order chi connectivity index (χ1) is 22.4. The van der Waals surface area contributed by atoms with Gasteiger partial charge in [-0.15, -0.1) is 0 Å². The molecule has 4 aromatic carbocycles. The lowest BCUT2D eigenvalue weighted by molar-refractivity contribution is -0.176. The molecule has 0 saturated carbocycles. The number of carbonyl (C=O) groups is 3. The lowest BCUT2D eigenvalue weighted by Gasteiger charge is -2.25. The van der Waals surface area contributed by atoms with Crippen molar-refractivity contribution in [2.45, 2.75) is 70.5 Å². The summed E-state index contributed by atoms with van der Waals surface area (Å²) in [5.41, 5.74) is 2.54. The molecule has 0 radical (unpaired) electrons. The number of hydrogen-bond donors (Lipinski definition) is 2. The van der Waals surface area contributed by atoms with E-state index in [1.807, 2.05) is 24.3 Å². The van der Waals surface area contributed by atoms with Crippen molar-refractivity contribution in [1.29, 1.82) is 0 Å². The van der Waals surface area contributed by atoms with Crippen LogP contribution in [0.5, 0.6) is 0 Å². The molecule has 0 saturated heterocycles. The Morgan fingerprint density at radius 1 is 0.674 bits per heavy atom. The Morgan fingerprint density at radius 3 is 1.80 bits per heavy atom. The van der Waals surface area contributed by atoms with Crippen LogP contribution in [0.1, 0.15) is 56.6 Å². The molecule has 2 unspecified atom stereocenters. The summed E-state index contributed by atoms with van der Waals surface area (Å²) < 4.78 is 16.4. The number of ether oxygens (including phenoxy) is 3. The third-order valence-corrected chi connectivity index (χ3v) is 7.92. The molecule has 0 spiro atoms. The molecule has 0 aliphatic heterocycles. The van der Waals surface area contributed by atoms with Crippen molar-refractivity contribution < 1.29 is 33.7 Å².